The van der Waals surface area contributed by atoms with Crippen molar-refractivity contribution in [1.82, 2.24) is 20.1 Å². The highest BCUT2D eigenvalue weighted by Crippen LogP contribution is 2.27. The summed E-state index contributed by atoms with van der Waals surface area (Å²) in [5.41, 5.74) is 5.97. The van der Waals surface area contributed by atoms with E-state index in [9.17, 15) is 9.59 Å². The van der Waals surface area contributed by atoms with Gasteiger partial charge in [0.2, 0.25) is 11.8 Å². The Morgan fingerprint density at radius 3 is 2.73 bits per heavy atom. The van der Waals surface area contributed by atoms with E-state index in [1.54, 1.807) is 28.2 Å². The predicted octanol–water partition coefficient (Wildman–Crippen LogP) is 2.77. The Kier molecular flexibility index (Phi) is 5.35. The number of hydrogen-bond acceptors (Lipinski definition) is 4. The summed E-state index contributed by atoms with van der Waals surface area (Å²) in [4.78, 5) is 31.2. The topological polar surface area (TPSA) is 80.1 Å². The Morgan fingerprint density at radius 1 is 1.17 bits per heavy atom. The van der Waals surface area contributed by atoms with Crippen LogP contribution in [0.5, 0.6) is 0 Å². The van der Waals surface area contributed by atoms with E-state index in [4.69, 9.17) is 0 Å². The number of nitrogens with zero attached hydrogens (tertiary/aromatic N) is 4. The normalized spacial score (nSPS) is 16.2. The zero-order valence-electron chi connectivity index (χ0n) is 17.4. The molecule has 1 atom stereocenters. The second-order valence-corrected chi connectivity index (χ2v) is 7.81. The summed E-state index contributed by atoms with van der Waals surface area (Å²) in [7, 11) is 1.88. The molecule has 2 aromatic heterocycles. The smallest absolute Gasteiger partial charge is 0.227 e. The number of anilines is 1. The second-order valence-electron chi connectivity index (χ2n) is 7.81. The number of nitrogens with one attached hydrogen (secondary N) is 1. The number of benzene rings is 1. The summed E-state index contributed by atoms with van der Waals surface area (Å²) >= 11 is 0. The van der Waals surface area contributed by atoms with Crippen molar-refractivity contribution in [2.24, 2.45) is 13.0 Å². The first-order chi connectivity index (χ1) is 14.4. The van der Waals surface area contributed by atoms with Crippen LogP contribution in [0.25, 0.3) is 11.3 Å². The van der Waals surface area contributed by atoms with Gasteiger partial charge in [-0.15, -0.1) is 0 Å². The summed E-state index contributed by atoms with van der Waals surface area (Å²) in [5.74, 6) is -0.480. The third kappa shape index (κ3) is 3.96. The van der Waals surface area contributed by atoms with Gasteiger partial charge < -0.3 is 10.2 Å². The van der Waals surface area contributed by atoms with Gasteiger partial charge in [-0.3, -0.25) is 19.3 Å². The number of aryl methyl sites for hydroxylation is 3. The van der Waals surface area contributed by atoms with E-state index < -0.39 is 0 Å². The monoisotopic (exact) mass is 403 g/mol. The van der Waals surface area contributed by atoms with E-state index in [0.29, 0.717) is 13.1 Å². The first-order valence-corrected chi connectivity index (χ1v) is 10.00. The molecular formula is C23H25N5O2. The maximum absolute atomic E-state index is 12.7. The molecule has 1 N–H and O–H groups in total. The first-order valence-electron chi connectivity index (χ1n) is 10.00. The summed E-state index contributed by atoms with van der Waals surface area (Å²) in [6.07, 6.45) is 5.48. The van der Waals surface area contributed by atoms with Gasteiger partial charge in [-0.05, 0) is 54.8 Å². The fourth-order valence-corrected chi connectivity index (χ4v) is 3.74. The van der Waals surface area contributed by atoms with Crippen LogP contribution in [0, 0.1) is 19.8 Å². The van der Waals surface area contributed by atoms with Crippen molar-refractivity contribution in [3.05, 3.63) is 65.6 Å². The summed E-state index contributed by atoms with van der Waals surface area (Å²) in [6.45, 7) is 4.84. The van der Waals surface area contributed by atoms with E-state index in [1.807, 2.05) is 51.2 Å². The van der Waals surface area contributed by atoms with Crippen LogP contribution in [0.2, 0.25) is 0 Å². The van der Waals surface area contributed by atoms with Crippen LogP contribution in [0.4, 0.5) is 5.69 Å². The van der Waals surface area contributed by atoms with Crippen LogP contribution in [-0.4, -0.2) is 33.1 Å². The lowest BCUT2D eigenvalue weighted by atomic mass is 10.1. The molecule has 2 amide bonds. The molecule has 0 radical (unpaired) electrons. The van der Waals surface area contributed by atoms with Gasteiger partial charge in [0.25, 0.3) is 0 Å². The van der Waals surface area contributed by atoms with Crippen molar-refractivity contribution < 1.29 is 9.59 Å². The van der Waals surface area contributed by atoms with Gasteiger partial charge in [0.05, 0.1) is 11.6 Å². The minimum absolute atomic E-state index is 0.0155. The highest BCUT2D eigenvalue weighted by atomic mass is 16.2. The molecule has 0 bridgehead atoms. The van der Waals surface area contributed by atoms with Crippen LogP contribution < -0.4 is 10.2 Å². The molecule has 1 aliphatic rings. The van der Waals surface area contributed by atoms with E-state index in [2.05, 4.69) is 15.4 Å². The molecular weight excluding hydrogens is 378 g/mol. The molecule has 3 heterocycles. The largest absolute Gasteiger partial charge is 0.352 e. The molecule has 1 fully saturated rings. The third-order valence-electron chi connectivity index (χ3n) is 5.68. The molecule has 0 saturated carbocycles. The van der Waals surface area contributed by atoms with Crippen LogP contribution in [-0.2, 0) is 23.2 Å². The zero-order valence-corrected chi connectivity index (χ0v) is 17.4. The number of carbonyl (C=O) groups excluding carboxylic acids is 2. The standard InChI is InChI=1S/C23H25N5O2/c1-15-4-5-20(8-16(15)2)28-14-19(10-22(28)29)23(30)25-12-17-9-18(13-24-11-17)21-6-7-26-27(21)3/h4-9,11,13,19H,10,12,14H2,1-3H3,(H,25,30). The number of rotatable bonds is 5. The maximum atomic E-state index is 12.7. The number of aromatic nitrogens is 3. The van der Waals surface area contributed by atoms with Crippen molar-refractivity contribution in [3.63, 3.8) is 0 Å². The van der Waals surface area contributed by atoms with Gasteiger partial charge in [-0.2, -0.15) is 5.10 Å². The van der Waals surface area contributed by atoms with E-state index >= 15 is 0 Å². The molecule has 154 valence electrons. The molecule has 1 aromatic carbocycles. The third-order valence-corrected chi connectivity index (χ3v) is 5.68. The molecule has 4 rings (SSSR count). The van der Waals surface area contributed by atoms with Crippen molar-refractivity contribution in [3.8, 4) is 11.3 Å². The fourth-order valence-electron chi connectivity index (χ4n) is 3.74. The fraction of sp³-hybridized carbons (Fsp3) is 0.304. The first kappa shape index (κ1) is 19.8. The number of pyridine rings is 1. The summed E-state index contributed by atoms with van der Waals surface area (Å²) in [5, 5.41) is 7.14. The second kappa shape index (κ2) is 8.10. The molecule has 1 saturated heterocycles. The number of amides is 2. The molecule has 3 aromatic rings. The Morgan fingerprint density at radius 2 is 2.00 bits per heavy atom. The van der Waals surface area contributed by atoms with Crippen LogP contribution >= 0.6 is 0 Å². The molecule has 7 heteroatoms. The molecule has 0 aliphatic carbocycles. The van der Waals surface area contributed by atoms with Gasteiger partial charge in [-0.1, -0.05) is 6.07 Å². The molecule has 1 unspecified atom stereocenters. The molecule has 30 heavy (non-hydrogen) atoms. The SMILES string of the molecule is Cc1ccc(N2CC(C(=O)NCc3cncc(-c4ccnn4C)c3)CC2=O)cc1C. The molecule has 7 nitrogen and oxygen atoms in total. The lowest BCUT2D eigenvalue weighted by Gasteiger charge is -2.18. The van der Waals surface area contributed by atoms with Crippen molar-refractivity contribution >= 4 is 17.5 Å². The number of carbonyl (C=O) groups is 2. The zero-order chi connectivity index (χ0) is 21.3. The van der Waals surface area contributed by atoms with Crippen LogP contribution in [0.15, 0.2) is 48.9 Å². The summed E-state index contributed by atoms with van der Waals surface area (Å²) < 4.78 is 1.78. The van der Waals surface area contributed by atoms with Gasteiger partial charge in [0, 0.05) is 56.4 Å². The highest BCUT2D eigenvalue weighted by molar-refractivity contribution is 6.00. The average molecular weight is 403 g/mol. The molecule has 1 aliphatic heterocycles. The van der Waals surface area contributed by atoms with Crippen molar-refractivity contribution in [2.45, 2.75) is 26.8 Å². The predicted molar refractivity (Wildman–Crippen MR) is 115 cm³/mol. The Hall–Kier alpha value is -3.48. The van der Waals surface area contributed by atoms with E-state index in [0.717, 1.165) is 28.1 Å². The Bertz CT molecular complexity index is 1100. The quantitative estimate of drug-likeness (QED) is 0.710. The van der Waals surface area contributed by atoms with Gasteiger partial charge in [0.15, 0.2) is 0 Å². The molecule has 0 spiro atoms. The minimum Gasteiger partial charge on any atom is -0.352 e. The Balaban J connectivity index is 1.40. The van der Waals surface area contributed by atoms with E-state index in [1.165, 1.54) is 5.56 Å². The van der Waals surface area contributed by atoms with E-state index in [-0.39, 0.29) is 24.2 Å². The Labute approximate surface area is 175 Å². The van der Waals surface area contributed by atoms with Crippen LogP contribution in [0.3, 0.4) is 0 Å². The average Bonchev–Trinajstić information content (AvgIpc) is 3.34. The van der Waals surface area contributed by atoms with Crippen LogP contribution in [0.1, 0.15) is 23.1 Å². The van der Waals surface area contributed by atoms with Gasteiger partial charge >= 0.3 is 0 Å². The number of hydrogen-bond donors (Lipinski definition) is 1. The lowest BCUT2D eigenvalue weighted by molar-refractivity contribution is -0.126. The lowest BCUT2D eigenvalue weighted by Crippen LogP contribution is -2.32. The van der Waals surface area contributed by atoms with Gasteiger partial charge in [0.1, 0.15) is 0 Å². The van der Waals surface area contributed by atoms with Crippen molar-refractivity contribution in [2.75, 3.05) is 11.4 Å². The summed E-state index contributed by atoms with van der Waals surface area (Å²) in [6, 6.07) is 9.86. The highest BCUT2D eigenvalue weighted by Gasteiger charge is 2.35. The maximum Gasteiger partial charge on any atom is 0.227 e. The van der Waals surface area contributed by atoms with Gasteiger partial charge in [-0.25, -0.2) is 0 Å². The minimum atomic E-state index is -0.354. The van der Waals surface area contributed by atoms with Crippen molar-refractivity contribution in [1.29, 1.82) is 0 Å².